The Hall–Kier alpha value is -2.10. The van der Waals surface area contributed by atoms with Crippen molar-refractivity contribution in [3.05, 3.63) is 52.3 Å². The molecule has 1 N–H and O–H groups in total. The van der Waals surface area contributed by atoms with Crippen LogP contribution in [0.4, 0.5) is 0 Å². The van der Waals surface area contributed by atoms with E-state index in [-0.39, 0.29) is 11.9 Å². The highest BCUT2D eigenvalue weighted by Crippen LogP contribution is 2.35. The molecule has 0 fully saturated rings. The van der Waals surface area contributed by atoms with Gasteiger partial charge in [0.1, 0.15) is 0 Å². The number of nitrogens with one attached hydrogen (secondary N) is 1. The number of aryl methyl sites for hydroxylation is 3. The van der Waals surface area contributed by atoms with Gasteiger partial charge in [0.2, 0.25) is 5.91 Å². The van der Waals surface area contributed by atoms with Gasteiger partial charge in [0.15, 0.2) is 0 Å². The predicted molar refractivity (Wildman–Crippen MR) is 82.0 cm³/mol. The van der Waals surface area contributed by atoms with E-state index in [2.05, 4.69) is 34.5 Å². The molecule has 4 heteroatoms. The molecular formula is C17H21N3O. The second kappa shape index (κ2) is 5.35. The number of benzene rings is 1. The molecule has 110 valence electrons. The van der Waals surface area contributed by atoms with Crippen molar-refractivity contribution in [3.8, 4) is 0 Å². The van der Waals surface area contributed by atoms with Gasteiger partial charge in [0, 0.05) is 18.3 Å². The number of aromatic nitrogens is 2. The lowest BCUT2D eigenvalue weighted by molar-refractivity contribution is -0.131. The lowest BCUT2D eigenvalue weighted by atomic mass is 10.1. The van der Waals surface area contributed by atoms with E-state index in [1.165, 1.54) is 11.1 Å². The summed E-state index contributed by atoms with van der Waals surface area (Å²) < 4.78 is 0. The number of hydrogen-bond acceptors (Lipinski definition) is 2. The van der Waals surface area contributed by atoms with Crippen LogP contribution < -0.4 is 0 Å². The minimum absolute atomic E-state index is 0.157. The van der Waals surface area contributed by atoms with Crippen molar-refractivity contribution in [2.75, 3.05) is 7.05 Å². The number of rotatable bonds is 3. The summed E-state index contributed by atoms with van der Waals surface area (Å²) in [6, 6.07) is 8.64. The zero-order valence-corrected chi connectivity index (χ0v) is 12.8. The van der Waals surface area contributed by atoms with E-state index >= 15 is 0 Å². The van der Waals surface area contributed by atoms with Crippen molar-refractivity contribution in [2.45, 2.75) is 39.2 Å². The van der Waals surface area contributed by atoms with Gasteiger partial charge < -0.3 is 4.90 Å². The average molecular weight is 283 g/mol. The lowest BCUT2D eigenvalue weighted by Crippen LogP contribution is -2.31. The summed E-state index contributed by atoms with van der Waals surface area (Å²) in [7, 11) is 1.92. The van der Waals surface area contributed by atoms with E-state index in [0.717, 1.165) is 29.8 Å². The second-order valence-electron chi connectivity index (χ2n) is 5.85. The van der Waals surface area contributed by atoms with Crippen LogP contribution in [0.15, 0.2) is 24.3 Å². The van der Waals surface area contributed by atoms with Gasteiger partial charge in [0.05, 0.1) is 18.2 Å². The van der Waals surface area contributed by atoms with E-state index in [1.807, 2.05) is 25.8 Å². The molecule has 0 radical (unpaired) electrons. The lowest BCUT2D eigenvalue weighted by Gasteiger charge is -2.25. The Morgan fingerprint density at radius 1 is 1.38 bits per heavy atom. The van der Waals surface area contributed by atoms with Crippen molar-refractivity contribution in [1.82, 2.24) is 15.1 Å². The highest BCUT2D eigenvalue weighted by Gasteiger charge is 2.28. The fraction of sp³-hybridized carbons (Fsp3) is 0.412. The first kappa shape index (κ1) is 13.9. The zero-order valence-electron chi connectivity index (χ0n) is 12.8. The molecule has 0 bridgehead atoms. The minimum Gasteiger partial charge on any atom is -0.338 e. The normalized spacial score (nSPS) is 16.8. The van der Waals surface area contributed by atoms with Crippen LogP contribution in [-0.4, -0.2) is 28.1 Å². The van der Waals surface area contributed by atoms with Gasteiger partial charge >= 0.3 is 0 Å². The molecule has 1 aromatic carbocycles. The summed E-state index contributed by atoms with van der Waals surface area (Å²) in [5.41, 5.74) is 5.60. The number of aromatic amines is 1. The summed E-state index contributed by atoms with van der Waals surface area (Å²) in [6.07, 6.45) is 2.50. The quantitative estimate of drug-likeness (QED) is 0.941. The van der Waals surface area contributed by atoms with Crippen LogP contribution in [-0.2, 0) is 17.6 Å². The van der Waals surface area contributed by atoms with Crippen molar-refractivity contribution in [1.29, 1.82) is 0 Å². The molecule has 1 aliphatic carbocycles. The molecule has 1 unspecified atom stereocenters. The van der Waals surface area contributed by atoms with Gasteiger partial charge in [-0.2, -0.15) is 5.10 Å². The van der Waals surface area contributed by atoms with Crippen molar-refractivity contribution in [2.24, 2.45) is 0 Å². The first-order valence-corrected chi connectivity index (χ1v) is 7.42. The maximum Gasteiger partial charge on any atom is 0.227 e. The third kappa shape index (κ3) is 2.46. The summed E-state index contributed by atoms with van der Waals surface area (Å²) in [5, 5.41) is 7.11. The van der Waals surface area contributed by atoms with E-state index in [9.17, 15) is 4.79 Å². The molecule has 0 spiro atoms. The fourth-order valence-electron chi connectivity index (χ4n) is 3.22. The monoisotopic (exact) mass is 283 g/mol. The Balaban J connectivity index is 1.77. The van der Waals surface area contributed by atoms with Crippen LogP contribution in [0.2, 0.25) is 0 Å². The Kier molecular flexibility index (Phi) is 3.53. The standard InChI is InChI=1S/C17H21N3O/c1-11-15(12(2)19-18-11)10-17(21)20(3)16-9-8-13-6-4-5-7-14(13)16/h4-7,16H,8-10H2,1-3H3,(H,18,19). The van der Waals surface area contributed by atoms with Gasteiger partial charge in [-0.05, 0) is 37.8 Å². The minimum atomic E-state index is 0.157. The Bertz CT molecular complexity index is 655. The van der Waals surface area contributed by atoms with Crippen LogP contribution in [0.1, 0.15) is 40.5 Å². The fourth-order valence-corrected chi connectivity index (χ4v) is 3.22. The van der Waals surface area contributed by atoms with Crippen molar-refractivity contribution < 1.29 is 4.79 Å². The molecule has 3 rings (SSSR count). The summed E-state index contributed by atoms with van der Waals surface area (Å²) >= 11 is 0. The molecule has 4 nitrogen and oxygen atoms in total. The number of carbonyl (C=O) groups is 1. The van der Waals surface area contributed by atoms with Gasteiger partial charge in [0.25, 0.3) is 0 Å². The predicted octanol–water partition coefficient (Wildman–Crippen LogP) is 2.71. The number of carbonyl (C=O) groups excluding carboxylic acids is 1. The molecule has 1 aliphatic rings. The summed E-state index contributed by atoms with van der Waals surface area (Å²) in [6.45, 7) is 3.91. The average Bonchev–Trinajstić information content (AvgIpc) is 3.05. The Morgan fingerprint density at radius 2 is 2.14 bits per heavy atom. The molecule has 0 aliphatic heterocycles. The first-order valence-electron chi connectivity index (χ1n) is 7.42. The summed E-state index contributed by atoms with van der Waals surface area (Å²) in [4.78, 5) is 14.5. The van der Waals surface area contributed by atoms with Gasteiger partial charge in [-0.25, -0.2) is 0 Å². The van der Waals surface area contributed by atoms with Crippen LogP contribution in [0.25, 0.3) is 0 Å². The SMILES string of the molecule is Cc1n[nH]c(C)c1CC(=O)N(C)C1CCc2ccccc21. The topological polar surface area (TPSA) is 49.0 Å². The Morgan fingerprint density at radius 3 is 2.86 bits per heavy atom. The molecule has 21 heavy (non-hydrogen) atoms. The van der Waals surface area contributed by atoms with Gasteiger partial charge in [-0.1, -0.05) is 24.3 Å². The number of H-pyrrole nitrogens is 1. The van der Waals surface area contributed by atoms with Crippen LogP contribution in [0.5, 0.6) is 0 Å². The molecule has 0 saturated heterocycles. The van der Waals surface area contributed by atoms with Crippen LogP contribution >= 0.6 is 0 Å². The van der Waals surface area contributed by atoms with E-state index < -0.39 is 0 Å². The third-order valence-corrected chi connectivity index (χ3v) is 4.57. The number of hydrogen-bond donors (Lipinski definition) is 1. The van der Waals surface area contributed by atoms with E-state index in [1.54, 1.807) is 0 Å². The molecule has 1 heterocycles. The molecule has 1 aromatic heterocycles. The molecule has 1 atom stereocenters. The van der Waals surface area contributed by atoms with Crippen LogP contribution in [0, 0.1) is 13.8 Å². The van der Waals surface area contributed by atoms with Gasteiger partial charge in [-0.3, -0.25) is 9.89 Å². The second-order valence-corrected chi connectivity index (χ2v) is 5.85. The van der Waals surface area contributed by atoms with E-state index in [4.69, 9.17) is 0 Å². The number of fused-ring (bicyclic) bond motifs is 1. The number of likely N-dealkylation sites (N-methyl/N-ethyl adjacent to an activating group) is 1. The summed E-state index contributed by atoms with van der Waals surface area (Å²) in [5.74, 6) is 0.157. The maximum atomic E-state index is 12.6. The highest BCUT2D eigenvalue weighted by molar-refractivity contribution is 5.79. The number of nitrogens with zero attached hydrogens (tertiary/aromatic N) is 2. The highest BCUT2D eigenvalue weighted by atomic mass is 16.2. The van der Waals surface area contributed by atoms with Crippen LogP contribution in [0.3, 0.4) is 0 Å². The largest absolute Gasteiger partial charge is 0.338 e. The maximum absolute atomic E-state index is 12.6. The van der Waals surface area contributed by atoms with Gasteiger partial charge in [-0.15, -0.1) is 0 Å². The zero-order chi connectivity index (χ0) is 15.0. The molecule has 2 aromatic rings. The van der Waals surface area contributed by atoms with E-state index in [0.29, 0.717) is 6.42 Å². The smallest absolute Gasteiger partial charge is 0.227 e. The third-order valence-electron chi connectivity index (χ3n) is 4.57. The molecule has 0 saturated carbocycles. The first-order chi connectivity index (χ1) is 10.1. The molecular weight excluding hydrogens is 262 g/mol. The van der Waals surface area contributed by atoms with Crippen molar-refractivity contribution in [3.63, 3.8) is 0 Å². The Labute approximate surface area is 125 Å². The number of amides is 1. The molecule has 1 amide bonds. The van der Waals surface area contributed by atoms with Crippen molar-refractivity contribution >= 4 is 5.91 Å².